The molecule has 1 saturated heterocycles. The number of hydrogen-bond acceptors (Lipinski definition) is 2. The number of amides is 1. The molecule has 86 valence electrons. The quantitative estimate of drug-likeness (QED) is 0.761. The first kappa shape index (κ1) is 10.9. The molecule has 1 amide bonds. The summed E-state index contributed by atoms with van der Waals surface area (Å²) in [4.78, 5) is 14.0. The van der Waals surface area contributed by atoms with Gasteiger partial charge in [0.15, 0.2) is 0 Å². The van der Waals surface area contributed by atoms with E-state index in [1.165, 1.54) is 6.42 Å². The SMILES string of the molecule is CC(C)CC1NCN(CC2CC2C)C1=O. The molecule has 1 heterocycles. The number of nitrogens with zero attached hydrogens (tertiary/aromatic N) is 1. The van der Waals surface area contributed by atoms with E-state index >= 15 is 0 Å². The molecule has 0 aromatic carbocycles. The molecule has 0 bridgehead atoms. The molecule has 15 heavy (non-hydrogen) atoms. The van der Waals surface area contributed by atoms with Crippen molar-refractivity contribution >= 4 is 5.91 Å². The third kappa shape index (κ3) is 2.51. The molecule has 1 aliphatic carbocycles. The molecule has 2 aliphatic rings. The Morgan fingerprint density at radius 1 is 1.53 bits per heavy atom. The smallest absolute Gasteiger partial charge is 0.240 e. The van der Waals surface area contributed by atoms with Gasteiger partial charge in [-0.15, -0.1) is 0 Å². The molecule has 1 saturated carbocycles. The lowest BCUT2D eigenvalue weighted by Crippen LogP contribution is -2.32. The third-order valence-electron chi connectivity index (χ3n) is 3.58. The number of rotatable bonds is 4. The van der Waals surface area contributed by atoms with Crippen molar-refractivity contribution in [1.29, 1.82) is 0 Å². The molecule has 2 fully saturated rings. The van der Waals surface area contributed by atoms with E-state index in [4.69, 9.17) is 0 Å². The highest BCUT2D eigenvalue weighted by Crippen LogP contribution is 2.38. The summed E-state index contributed by atoms with van der Waals surface area (Å²) in [6.07, 6.45) is 2.27. The van der Waals surface area contributed by atoms with Crippen LogP contribution in [-0.4, -0.2) is 30.1 Å². The lowest BCUT2D eigenvalue weighted by Gasteiger charge is -2.15. The second-order valence-electron chi connectivity index (χ2n) is 5.58. The van der Waals surface area contributed by atoms with E-state index in [0.717, 1.165) is 31.5 Å². The van der Waals surface area contributed by atoms with Crippen LogP contribution in [0.15, 0.2) is 0 Å². The Hall–Kier alpha value is -0.570. The van der Waals surface area contributed by atoms with Crippen LogP contribution < -0.4 is 5.32 Å². The minimum Gasteiger partial charge on any atom is -0.328 e. The standard InChI is InChI=1S/C12H22N2O/c1-8(2)4-11-12(15)14(7-13-11)6-10-5-9(10)3/h8-11,13H,4-7H2,1-3H3. The summed E-state index contributed by atoms with van der Waals surface area (Å²) < 4.78 is 0. The molecular weight excluding hydrogens is 188 g/mol. The molecule has 0 aromatic heterocycles. The predicted molar refractivity (Wildman–Crippen MR) is 60.2 cm³/mol. The fourth-order valence-corrected chi connectivity index (χ4v) is 2.35. The maximum Gasteiger partial charge on any atom is 0.240 e. The third-order valence-corrected chi connectivity index (χ3v) is 3.58. The van der Waals surface area contributed by atoms with Gasteiger partial charge in [0, 0.05) is 6.54 Å². The maximum atomic E-state index is 12.0. The van der Waals surface area contributed by atoms with Gasteiger partial charge in [-0.2, -0.15) is 0 Å². The Morgan fingerprint density at radius 3 is 2.73 bits per heavy atom. The van der Waals surface area contributed by atoms with E-state index in [9.17, 15) is 4.79 Å². The van der Waals surface area contributed by atoms with Crippen molar-refractivity contribution in [3.05, 3.63) is 0 Å². The Kier molecular flexibility index (Phi) is 3.01. The van der Waals surface area contributed by atoms with E-state index in [1.54, 1.807) is 0 Å². The molecule has 3 unspecified atom stereocenters. The lowest BCUT2D eigenvalue weighted by molar-refractivity contribution is -0.129. The zero-order chi connectivity index (χ0) is 11.0. The van der Waals surface area contributed by atoms with Gasteiger partial charge in [-0.25, -0.2) is 0 Å². The second-order valence-corrected chi connectivity index (χ2v) is 5.58. The van der Waals surface area contributed by atoms with E-state index in [1.807, 2.05) is 4.90 Å². The van der Waals surface area contributed by atoms with E-state index < -0.39 is 0 Å². The summed E-state index contributed by atoms with van der Waals surface area (Å²) >= 11 is 0. The van der Waals surface area contributed by atoms with Crippen molar-refractivity contribution in [3.8, 4) is 0 Å². The van der Waals surface area contributed by atoms with Crippen LogP contribution in [0.4, 0.5) is 0 Å². The summed E-state index contributed by atoms with van der Waals surface area (Å²) in [5.74, 6) is 2.52. The van der Waals surface area contributed by atoms with Crippen molar-refractivity contribution in [1.82, 2.24) is 10.2 Å². The highest BCUT2D eigenvalue weighted by atomic mass is 16.2. The maximum absolute atomic E-state index is 12.0. The van der Waals surface area contributed by atoms with Gasteiger partial charge in [-0.05, 0) is 30.6 Å². The summed E-state index contributed by atoms with van der Waals surface area (Å²) in [5.41, 5.74) is 0. The van der Waals surface area contributed by atoms with Crippen molar-refractivity contribution in [2.24, 2.45) is 17.8 Å². The first-order chi connectivity index (χ1) is 7.08. The highest BCUT2D eigenvalue weighted by Gasteiger charge is 2.38. The molecule has 0 spiro atoms. The summed E-state index contributed by atoms with van der Waals surface area (Å²) in [7, 11) is 0. The molecule has 0 aromatic rings. The van der Waals surface area contributed by atoms with Gasteiger partial charge in [0.05, 0.1) is 12.7 Å². The van der Waals surface area contributed by atoms with E-state index in [-0.39, 0.29) is 6.04 Å². The molecule has 2 rings (SSSR count). The molecule has 3 atom stereocenters. The number of carbonyl (C=O) groups excluding carboxylic acids is 1. The van der Waals surface area contributed by atoms with Gasteiger partial charge in [0.1, 0.15) is 0 Å². The van der Waals surface area contributed by atoms with Crippen LogP contribution in [0, 0.1) is 17.8 Å². The van der Waals surface area contributed by atoms with Crippen LogP contribution in [0.1, 0.15) is 33.6 Å². The first-order valence-corrected chi connectivity index (χ1v) is 6.10. The topological polar surface area (TPSA) is 32.3 Å². The average Bonchev–Trinajstić information content (AvgIpc) is 2.74. The minimum absolute atomic E-state index is 0.0825. The Bertz CT molecular complexity index is 252. The van der Waals surface area contributed by atoms with Crippen molar-refractivity contribution in [2.45, 2.75) is 39.7 Å². The van der Waals surface area contributed by atoms with Crippen LogP contribution in [0.3, 0.4) is 0 Å². The van der Waals surface area contributed by atoms with Gasteiger partial charge < -0.3 is 4.90 Å². The van der Waals surface area contributed by atoms with Crippen LogP contribution in [0.5, 0.6) is 0 Å². The van der Waals surface area contributed by atoms with Gasteiger partial charge in [-0.1, -0.05) is 20.8 Å². The minimum atomic E-state index is 0.0825. The molecule has 1 aliphatic heterocycles. The second kappa shape index (κ2) is 4.12. The lowest BCUT2D eigenvalue weighted by atomic mass is 10.0. The van der Waals surface area contributed by atoms with Crippen molar-refractivity contribution < 1.29 is 4.79 Å². The Balaban J connectivity index is 1.81. The van der Waals surface area contributed by atoms with Crippen molar-refractivity contribution in [3.63, 3.8) is 0 Å². The zero-order valence-corrected chi connectivity index (χ0v) is 9.99. The normalized spacial score (nSPS) is 35.3. The molecular formula is C12H22N2O. The summed E-state index contributed by atoms with van der Waals surface area (Å²) in [6, 6.07) is 0.0825. The number of carbonyl (C=O) groups is 1. The van der Waals surface area contributed by atoms with Crippen molar-refractivity contribution in [2.75, 3.05) is 13.2 Å². The van der Waals surface area contributed by atoms with Crippen LogP contribution in [0.2, 0.25) is 0 Å². The average molecular weight is 210 g/mol. The fourth-order valence-electron chi connectivity index (χ4n) is 2.35. The summed E-state index contributed by atoms with van der Waals surface area (Å²) in [6.45, 7) is 8.34. The van der Waals surface area contributed by atoms with E-state index in [2.05, 4.69) is 26.1 Å². The first-order valence-electron chi connectivity index (χ1n) is 6.10. The van der Waals surface area contributed by atoms with Gasteiger partial charge in [-0.3, -0.25) is 10.1 Å². The van der Waals surface area contributed by atoms with Gasteiger partial charge >= 0.3 is 0 Å². The molecule has 0 radical (unpaired) electrons. The number of hydrogen-bond donors (Lipinski definition) is 1. The largest absolute Gasteiger partial charge is 0.328 e. The van der Waals surface area contributed by atoms with Gasteiger partial charge in [0.25, 0.3) is 0 Å². The molecule has 1 N–H and O–H groups in total. The van der Waals surface area contributed by atoms with Crippen LogP contribution in [-0.2, 0) is 4.79 Å². The predicted octanol–water partition coefficient (Wildman–Crippen LogP) is 1.45. The monoisotopic (exact) mass is 210 g/mol. The Labute approximate surface area is 92.2 Å². The number of nitrogens with one attached hydrogen (secondary N) is 1. The summed E-state index contributed by atoms with van der Waals surface area (Å²) in [5, 5.41) is 3.31. The van der Waals surface area contributed by atoms with Crippen LogP contribution >= 0.6 is 0 Å². The molecule has 3 heteroatoms. The highest BCUT2D eigenvalue weighted by molar-refractivity contribution is 5.83. The molecule has 3 nitrogen and oxygen atoms in total. The van der Waals surface area contributed by atoms with Gasteiger partial charge in [0.2, 0.25) is 5.91 Å². The Morgan fingerprint density at radius 2 is 2.20 bits per heavy atom. The van der Waals surface area contributed by atoms with Crippen LogP contribution in [0.25, 0.3) is 0 Å². The fraction of sp³-hybridized carbons (Fsp3) is 0.917. The zero-order valence-electron chi connectivity index (χ0n) is 9.99. The van der Waals surface area contributed by atoms with E-state index in [0.29, 0.717) is 11.8 Å².